The molecule has 1 fully saturated rings. The molecular formula is C15H19N3O2. The first-order valence-electron chi connectivity index (χ1n) is 7.09. The fourth-order valence-electron chi connectivity index (χ4n) is 3.01. The summed E-state index contributed by atoms with van der Waals surface area (Å²) in [4.78, 5) is 14.6. The molecule has 1 aromatic heterocycles. The van der Waals surface area contributed by atoms with Gasteiger partial charge in [0.15, 0.2) is 0 Å². The quantitative estimate of drug-likeness (QED) is 0.878. The van der Waals surface area contributed by atoms with Gasteiger partial charge < -0.3 is 10.0 Å². The number of aliphatic hydroxyl groups excluding tert-OH is 1. The molecule has 106 valence electrons. The zero-order valence-electron chi connectivity index (χ0n) is 11.5. The molecule has 1 saturated heterocycles. The number of aliphatic hydroxyl groups is 1. The molecule has 20 heavy (non-hydrogen) atoms. The molecule has 3 rings (SSSR count). The number of H-pyrrole nitrogens is 1. The smallest absolute Gasteiger partial charge is 0.256 e. The number of para-hydroxylation sites is 1. The molecule has 1 aliphatic rings. The van der Waals surface area contributed by atoms with E-state index in [1.807, 2.05) is 23.1 Å². The number of fused-ring (bicyclic) bond motifs is 1. The summed E-state index contributed by atoms with van der Waals surface area (Å²) in [7, 11) is 0. The SMILES string of the molecule is CC(O)C1CCCCN1C(=O)c1cccc2cn[nH]c12. The Bertz CT molecular complexity index is 620. The molecule has 5 heteroatoms. The standard InChI is InChI=1S/C15H19N3O2/c1-10(19)13-7-2-3-8-18(13)15(20)12-6-4-5-11-9-16-17-14(11)12/h4-6,9-10,13,19H,2-3,7-8H2,1H3,(H,16,17). The van der Waals surface area contributed by atoms with E-state index in [4.69, 9.17) is 0 Å². The van der Waals surface area contributed by atoms with Crippen molar-refractivity contribution < 1.29 is 9.90 Å². The molecule has 2 unspecified atom stereocenters. The third kappa shape index (κ3) is 2.18. The third-order valence-electron chi connectivity index (χ3n) is 4.07. The second kappa shape index (κ2) is 5.25. The molecule has 5 nitrogen and oxygen atoms in total. The van der Waals surface area contributed by atoms with Gasteiger partial charge in [-0.2, -0.15) is 5.10 Å². The topological polar surface area (TPSA) is 69.2 Å². The van der Waals surface area contributed by atoms with Crippen molar-refractivity contribution in [1.29, 1.82) is 0 Å². The van der Waals surface area contributed by atoms with E-state index in [-0.39, 0.29) is 11.9 Å². The second-order valence-electron chi connectivity index (χ2n) is 5.44. The maximum Gasteiger partial charge on any atom is 0.256 e. The summed E-state index contributed by atoms with van der Waals surface area (Å²) in [6, 6.07) is 5.52. The maximum atomic E-state index is 12.8. The highest BCUT2D eigenvalue weighted by atomic mass is 16.3. The van der Waals surface area contributed by atoms with Crippen molar-refractivity contribution in [3.05, 3.63) is 30.0 Å². The van der Waals surface area contributed by atoms with E-state index in [2.05, 4.69) is 10.2 Å². The van der Waals surface area contributed by atoms with Crippen molar-refractivity contribution in [3.63, 3.8) is 0 Å². The predicted octanol–water partition coefficient (Wildman–Crippen LogP) is 1.94. The van der Waals surface area contributed by atoms with Crippen LogP contribution in [0.25, 0.3) is 10.9 Å². The Balaban J connectivity index is 1.96. The van der Waals surface area contributed by atoms with Crippen LogP contribution in [0.2, 0.25) is 0 Å². The number of amides is 1. The summed E-state index contributed by atoms with van der Waals surface area (Å²) in [6.07, 6.45) is 4.14. The minimum absolute atomic E-state index is 0.0227. The van der Waals surface area contributed by atoms with Gasteiger partial charge in [-0.1, -0.05) is 12.1 Å². The van der Waals surface area contributed by atoms with E-state index in [0.717, 1.165) is 30.2 Å². The van der Waals surface area contributed by atoms with Crippen LogP contribution in [0.1, 0.15) is 36.5 Å². The van der Waals surface area contributed by atoms with Crippen LogP contribution >= 0.6 is 0 Å². The molecule has 2 heterocycles. The van der Waals surface area contributed by atoms with Gasteiger partial charge in [-0.25, -0.2) is 0 Å². The fraction of sp³-hybridized carbons (Fsp3) is 0.467. The molecule has 0 spiro atoms. The number of carbonyl (C=O) groups is 1. The van der Waals surface area contributed by atoms with E-state index in [1.165, 1.54) is 0 Å². The van der Waals surface area contributed by atoms with Crippen LogP contribution in [0.5, 0.6) is 0 Å². The summed E-state index contributed by atoms with van der Waals surface area (Å²) in [5.74, 6) is -0.0227. The van der Waals surface area contributed by atoms with Gasteiger partial charge in [0, 0.05) is 11.9 Å². The Hall–Kier alpha value is -1.88. The molecule has 1 aliphatic heterocycles. The molecule has 0 saturated carbocycles. The van der Waals surface area contributed by atoms with Gasteiger partial charge >= 0.3 is 0 Å². The Morgan fingerprint density at radius 3 is 3.15 bits per heavy atom. The van der Waals surface area contributed by atoms with Crippen LogP contribution in [-0.4, -0.2) is 44.8 Å². The van der Waals surface area contributed by atoms with Crippen LogP contribution < -0.4 is 0 Å². The number of piperidine rings is 1. The van der Waals surface area contributed by atoms with Gasteiger partial charge in [-0.3, -0.25) is 9.89 Å². The van der Waals surface area contributed by atoms with Gasteiger partial charge in [0.25, 0.3) is 5.91 Å². The number of likely N-dealkylation sites (tertiary alicyclic amines) is 1. The van der Waals surface area contributed by atoms with Crippen molar-refractivity contribution in [2.24, 2.45) is 0 Å². The normalized spacial score (nSPS) is 21.1. The lowest BCUT2D eigenvalue weighted by Gasteiger charge is -2.37. The van der Waals surface area contributed by atoms with E-state index in [9.17, 15) is 9.90 Å². The number of nitrogens with zero attached hydrogens (tertiary/aromatic N) is 2. The molecule has 1 amide bonds. The highest BCUT2D eigenvalue weighted by Crippen LogP contribution is 2.24. The van der Waals surface area contributed by atoms with Gasteiger partial charge in [-0.05, 0) is 32.3 Å². The number of hydrogen-bond donors (Lipinski definition) is 2. The molecule has 0 radical (unpaired) electrons. The van der Waals surface area contributed by atoms with Gasteiger partial charge in [0.2, 0.25) is 0 Å². The highest BCUT2D eigenvalue weighted by Gasteiger charge is 2.31. The minimum atomic E-state index is -0.500. The van der Waals surface area contributed by atoms with E-state index >= 15 is 0 Å². The monoisotopic (exact) mass is 273 g/mol. The van der Waals surface area contributed by atoms with Crippen molar-refractivity contribution in [2.75, 3.05) is 6.54 Å². The number of carbonyl (C=O) groups excluding carboxylic acids is 1. The summed E-state index contributed by atoms with van der Waals surface area (Å²) in [5.41, 5.74) is 1.40. The van der Waals surface area contributed by atoms with Gasteiger partial charge in [-0.15, -0.1) is 0 Å². The van der Waals surface area contributed by atoms with Gasteiger partial charge in [0.1, 0.15) is 0 Å². The zero-order chi connectivity index (χ0) is 14.1. The van der Waals surface area contributed by atoms with Crippen LogP contribution in [0.3, 0.4) is 0 Å². The number of aromatic amines is 1. The van der Waals surface area contributed by atoms with E-state index in [1.54, 1.807) is 13.1 Å². The largest absolute Gasteiger partial charge is 0.391 e. The van der Waals surface area contributed by atoms with E-state index in [0.29, 0.717) is 12.1 Å². The lowest BCUT2D eigenvalue weighted by Crippen LogP contribution is -2.49. The summed E-state index contributed by atoms with van der Waals surface area (Å²) in [6.45, 7) is 2.46. The average molecular weight is 273 g/mol. The molecule has 1 aromatic carbocycles. The molecule has 2 aromatic rings. The molecular weight excluding hydrogens is 254 g/mol. The summed E-state index contributed by atoms with van der Waals surface area (Å²) >= 11 is 0. The van der Waals surface area contributed by atoms with Crippen molar-refractivity contribution >= 4 is 16.8 Å². The predicted molar refractivity (Wildman–Crippen MR) is 76.5 cm³/mol. The number of rotatable bonds is 2. The fourth-order valence-corrected chi connectivity index (χ4v) is 3.01. The Labute approximate surface area is 117 Å². The summed E-state index contributed by atoms with van der Waals surface area (Å²) in [5, 5.41) is 17.7. The average Bonchev–Trinajstić information content (AvgIpc) is 2.94. The number of aromatic nitrogens is 2. The van der Waals surface area contributed by atoms with Crippen molar-refractivity contribution in [2.45, 2.75) is 38.3 Å². The second-order valence-corrected chi connectivity index (χ2v) is 5.44. The van der Waals surface area contributed by atoms with Crippen molar-refractivity contribution in [3.8, 4) is 0 Å². The van der Waals surface area contributed by atoms with Crippen molar-refractivity contribution in [1.82, 2.24) is 15.1 Å². The van der Waals surface area contributed by atoms with Crippen LogP contribution in [0.4, 0.5) is 0 Å². The molecule has 2 atom stereocenters. The number of nitrogens with one attached hydrogen (secondary N) is 1. The first-order valence-corrected chi connectivity index (χ1v) is 7.09. The van der Waals surface area contributed by atoms with Crippen LogP contribution in [0, 0.1) is 0 Å². The number of benzene rings is 1. The van der Waals surface area contributed by atoms with E-state index < -0.39 is 6.10 Å². The van der Waals surface area contributed by atoms with Gasteiger partial charge in [0.05, 0.1) is 29.4 Å². The third-order valence-corrected chi connectivity index (χ3v) is 4.07. The minimum Gasteiger partial charge on any atom is -0.391 e. The highest BCUT2D eigenvalue weighted by molar-refractivity contribution is 6.05. The lowest BCUT2D eigenvalue weighted by molar-refractivity contribution is 0.0282. The summed E-state index contributed by atoms with van der Waals surface area (Å²) < 4.78 is 0. The Kier molecular flexibility index (Phi) is 3.44. The molecule has 0 bridgehead atoms. The van der Waals surface area contributed by atoms with Crippen LogP contribution in [-0.2, 0) is 0 Å². The molecule has 2 N–H and O–H groups in total. The maximum absolute atomic E-state index is 12.8. The zero-order valence-corrected chi connectivity index (χ0v) is 11.5. The lowest BCUT2D eigenvalue weighted by atomic mass is 9.97. The Morgan fingerprint density at radius 2 is 2.35 bits per heavy atom. The number of hydrogen-bond acceptors (Lipinski definition) is 3. The Morgan fingerprint density at radius 1 is 1.50 bits per heavy atom. The van der Waals surface area contributed by atoms with Crippen LogP contribution in [0.15, 0.2) is 24.4 Å². The first kappa shape index (κ1) is 13.1. The molecule has 0 aliphatic carbocycles. The first-order chi connectivity index (χ1) is 9.68.